The highest BCUT2D eigenvalue weighted by Gasteiger charge is 2.29. The molecule has 5 rings (SSSR count). The first-order chi connectivity index (χ1) is 16.3. The normalized spacial score (nSPS) is 16.0. The third-order valence-electron chi connectivity index (χ3n) is 6.12. The molecule has 0 spiro atoms. The first-order valence-corrected chi connectivity index (χ1v) is 13.0. The lowest BCUT2D eigenvalue weighted by atomic mass is 9.86. The minimum atomic E-state index is -3.05. The molecule has 1 aliphatic carbocycles. The number of carbonyl (C=O) groups excluding carboxylic acids is 1. The maximum Gasteiger partial charge on any atom is 0.223 e. The van der Waals surface area contributed by atoms with Crippen LogP contribution >= 0.6 is 0 Å². The van der Waals surface area contributed by atoms with Crippen LogP contribution in [-0.2, 0) is 27.5 Å². The molecule has 178 valence electrons. The number of sulfone groups is 1. The van der Waals surface area contributed by atoms with Crippen LogP contribution in [-0.4, -0.2) is 58.0 Å². The highest BCUT2D eigenvalue weighted by Crippen LogP contribution is 2.36. The zero-order valence-corrected chi connectivity index (χ0v) is 19.3. The van der Waals surface area contributed by atoms with E-state index in [0.717, 1.165) is 22.0 Å². The van der Waals surface area contributed by atoms with Gasteiger partial charge >= 0.3 is 0 Å². The number of H-pyrrole nitrogens is 2. The van der Waals surface area contributed by atoms with E-state index in [0.29, 0.717) is 49.2 Å². The zero-order valence-electron chi connectivity index (χ0n) is 18.5. The van der Waals surface area contributed by atoms with Crippen molar-refractivity contribution >= 4 is 49.2 Å². The van der Waals surface area contributed by atoms with Crippen molar-refractivity contribution in [3.05, 3.63) is 41.7 Å². The molecular formula is C22H24FN7O3S. The molecule has 0 radical (unpaired) electrons. The van der Waals surface area contributed by atoms with E-state index >= 15 is 0 Å². The van der Waals surface area contributed by atoms with Gasteiger partial charge in [0, 0.05) is 35.9 Å². The summed E-state index contributed by atoms with van der Waals surface area (Å²) < 4.78 is 37.2. The largest absolute Gasteiger partial charge is 0.356 e. The van der Waals surface area contributed by atoms with E-state index in [1.54, 1.807) is 12.3 Å². The van der Waals surface area contributed by atoms with Crippen molar-refractivity contribution in [3.63, 3.8) is 0 Å². The summed E-state index contributed by atoms with van der Waals surface area (Å²) in [5, 5.41) is 14.1. The summed E-state index contributed by atoms with van der Waals surface area (Å²) in [6.07, 6.45) is 6.41. The number of rotatable bonds is 7. The van der Waals surface area contributed by atoms with Crippen LogP contribution in [0.5, 0.6) is 0 Å². The molecule has 3 aromatic heterocycles. The SMILES string of the molecule is CS(=O)(=O)CCCNC(=O)[C@H]1CCc2[nH]c3ncnc(Nc4cc5cn[nH]c5cc4F)c3c2C1. The van der Waals surface area contributed by atoms with Crippen LogP contribution in [0.2, 0.25) is 0 Å². The first-order valence-electron chi connectivity index (χ1n) is 11.0. The molecule has 0 bridgehead atoms. The maximum absolute atomic E-state index is 14.7. The number of nitrogens with zero attached hydrogens (tertiary/aromatic N) is 3. The lowest BCUT2D eigenvalue weighted by molar-refractivity contribution is -0.125. The molecule has 10 nitrogen and oxygen atoms in total. The monoisotopic (exact) mass is 485 g/mol. The zero-order chi connectivity index (χ0) is 23.9. The van der Waals surface area contributed by atoms with Crippen LogP contribution < -0.4 is 10.6 Å². The average Bonchev–Trinajstić information content (AvgIpc) is 3.39. The Labute approximate surface area is 194 Å². The molecule has 1 aromatic carbocycles. The van der Waals surface area contributed by atoms with E-state index in [-0.39, 0.29) is 23.3 Å². The minimum absolute atomic E-state index is 0.0398. The van der Waals surface area contributed by atoms with Crippen molar-refractivity contribution in [2.75, 3.05) is 23.9 Å². The molecular weight excluding hydrogens is 461 g/mol. The molecule has 0 saturated carbocycles. The molecule has 0 unspecified atom stereocenters. The van der Waals surface area contributed by atoms with Gasteiger partial charge < -0.3 is 15.6 Å². The quantitative estimate of drug-likeness (QED) is 0.294. The summed E-state index contributed by atoms with van der Waals surface area (Å²) in [5.74, 6) is -0.302. The highest BCUT2D eigenvalue weighted by atomic mass is 32.2. The topological polar surface area (TPSA) is 146 Å². The van der Waals surface area contributed by atoms with E-state index < -0.39 is 15.7 Å². The van der Waals surface area contributed by atoms with Crippen LogP contribution in [0.4, 0.5) is 15.9 Å². The number of halogens is 1. The van der Waals surface area contributed by atoms with E-state index in [2.05, 4.69) is 35.8 Å². The van der Waals surface area contributed by atoms with Crippen molar-refractivity contribution in [1.82, 2.24) is 30.5 Å². The van der Waals surface area contributed by atoms with Crippen LogP contribution in [0.25, 0.3) is 21.9 Å². The average molecular weight is 486 g/mol. The second-order valence-electron chi connectivity index (χ2n) is 8.66. The third kappa shape index (κ3) is 4.45. The van der Waals surface area contributed by atoms with Crippen LogP contribution in [0.15, 0.2) is 24.7 Å². The number of hydrogen-bond donors (Lipinski definition) is 4. The van der Waals surface area contributed by atoms with Crippen molar-refractivity contribution in [2.45, 2.75) is 25.7 Å². The fraction of sp³-hybridized carbons (Fsp3) is 0.364. The highest BCUT2D eigenvalue weighted by molar-refractivity contribution is 7.90. The van der Waals surface area contributed by atoms with E-state index in [1.165, 1.54) is 18.6 Å². The Morgan fingerprint density at radius 1 is 1.29 bits per heavy atom. The van der Waals surface area contributed by atoms with Gasteiger partial charge in [0.05, 0.1) is 28.5 Å². The van der Waals surface area contributed by atoms with Gasteiger partial charge in [0.1, 0.15) is 33.4 Å². The third-order valence-corrected chi connectivity index (χ3v) is 7.15. The van der Waals surface area contributed by atoms with Crippen molar-refractivity contribution < 1.29 is 17.6 Å². The molecule has 0 saturated heterocycles. The van der Waals surface area contributed by atoms with Gasteiger partial charge in [-0.3, -0.25) is 9.89 Å². The number of amides is 1. The van der Waals surface area contributed by atoms with E-state index in [4.69, 9.17) is 0 Å². The maximum atomic E-state index is 14.7. The lowest BCUT2D eigenvalue weighted by Crippen LogP contribution is -2.35. The van der Waals surface area contributed by atoms with Crippen LogP contribution in [0.3, 0.4) is 0 Å². The number of aryl methyl sites for hydroxylation is 1. The smallest absolute Gasteiger partial charge is 0.223 e. The van der Waals surface area contributed by atoms with Crippen molar-refractivity contribution in [2.24, 2.45) is 5.92 Å². The first kappa shape index (κ1) is 22.3. The lowest BCUT2D eigenvalue weighted by Gasteiger charge is -2.22. The molecule has 1 amide bonds. The van der Waals surface area contributed by atoms with Gasteiger partial charge in [0.2, 0.25) is 5.91 Å². The molecule has 1 aliphatic rings. The molecule has 4 N–H and O–H groups in total. The number of nitrogens with one attached hydrogen (secondary N) is 4. The number of fused-ring (bicyclic) bond motifs is 4. The predicted molar refractivity (Wildman–Crippen MR) is 126 cm³/mol. The second-order valence-corrected chi connectivity index (χ2v) is 10.9. The van der Waals surface area contributed by atoms with Gasteiger partial charge in [-0.25, -0.2) is 22.8 Å². The Bertz CT molecular complexity index is 1500. The number of anilines is 2. The Morgan fingerprint density at radius 2 is 2.15 bits per heavy atom. The fourth-order valence-electron chi connectivity index (χ4n) is 4.44. The van der Waals surface area contributed by atoms with Crippen LogP contribution in [0, 0.1) is 11.7 Å². The van der Waals surface area contributed by atoms with Gasteiger partial charge in [-0.05, 0) is 37.3 Å². The Kier molecular flexibility index (Phi) is 5.68. The summed E-state index contributed by atoms with van der Waals surface area (Å²) in [6.45, 7) is 0.314. The summed E-state index contributed by atoms with van der Waals surface area (Å²) in [5.41, 5.74) is 3.41. The van der Waals surface area contributed by atoms with Gasteiger partial charge in [0.15, 0.2) is 0 Å². The molecule has 0 aliphatic heterocycles. The number of benzene rings is 1. The number of hydrogen-bond acceptors (Lipinski definition) is 7. The van der Waals surface area contributed by atoms with Gasteiger partial charge in [-0.15, -0.1) is 0 Å². The van der Waals surface area contributed by atoms with Crippen LogP contribution in [0.1, 0.15) is 24.1 Å². The van der Waals surface area contributed by atoms with Gasteiger partial charge in [0.25, 0.3) is 0 Å². The number of carbonyl (C=O) groups is 1. The Hall–Kier alpha value is -3.54. The molecule has 0 fully saturated rings. The van der Waals surface area contributed by atoms with E-state index in [9.17, 15) is 17.6 Å². The minimum Gasteiger partial charge on any atom is -0.356 e. The number of aromatic nitrogens is 5. The predicted octanol–water partition coefficient (Wildman–Crippen LogP) is 2.37. The number of aromatic amines is 2. The van der Waals surface area contributed by atoms with Crippen molar-refractivity contribution in [3.8, 4) is 0 Å². The second kappa shape index (κ2) is 8.67. The summed E-state index contributed by atoms with van der Waals surface area (Å²) >= 11 is 0. The molecule has 34 heavy (non-hydrogen) atoms. The van der Waals surface area contributed by atoms with E-state index in [1.807, 2.05) is 0 Å². The molecule has 1 atom stereocenters. The summed E-state index contributed by atoms with van der Waals surface area (Å²) in [6, 6.07) is 3.04. The molecule has 12 heteroatoms. The molecule has 3 heterocycles. The molecule has 4 aromatic rings. The fourth-order valence-corrected chi connectivity index (χ4v) is 5.11. The van der Waals surface area contributed by atoms with Gasteiger partial charge in [-0.1, -0.05) is 0 Å². The summed E-state index contributed by atoms with van der Waals surface area (Å²) in [7, 11) is -3.05. The van der Waals surface area contributed by atoms with Gasteiger partial charge in [-0.2, -0.15) is 5.10 Å². The Morgan fingerprint density at radius 3 is 2.97 bits per heavy atom. The van der Waals surface area contributed by atoms with Crippen molar-refractivity contribution in [1.29, 1.82) is 0 Å². The standard InChI is InChI=1S/C22H24FN7O3S/c1-34(32,33)6-2-5-24-22(31)12-3-4-16-14(7-12)19-20(28-16)25-11-26-21(19)29-18-8-13-10-27-30-17(13)9-15(18)23/h8-12H,2-7H2,1H3,(H,24,31)(H,27,30)(H2,25,26,28,29)/t12-/m0/s1. The Balaban J connectivity index is 1.38. The summed E-state index contributed by atoms with van der Waals surface area (Å²) in [4.78, 5) is 24.7.